The third-order valence-electron chi connectivity index (χ3n) is 5.08. The zero-order valence-electron chi connectivity index (χ0n) is 18.2. The molecule has 0 aliphatic carbocycles. The van der Waals surface area contributed by atoms with Crippen LogP contribution in [0.25, 0.3) is 0 Å². The molecule has 10 heteroatoms. The Kier molecular flexibility index (Phi) is 8.28. The van der Waals surface area contributed by atoms with Crippen molar-refractivity contribution < 1.29 is 22.1 Å². The molecule has 33 heavy (non-hydrogen) atoms. The van der Waals surface area contributed by atoms with Crippen LogP contribution in [0.1, 0.15) is 35.5 Å². The highest BCUT2D eigenvalue weighted by Gasteiger charge is 2.24. The minimum Gasteiger partial charge on any atom is -0.493 e. The zero-order chi connectivity index (χ0) is 24.2. The molecule has 176 valence electrons. The van der Waals surface area contributed by atoms with Gasteiger partial charge in [-0.2, -0.15) is 8.42 Å². The summed E-state index contributed by atoms with van der Waals surface area (Å²) in [7, 11) is -2.79. The van der Waals surface area contributed by atoms with E-state index < -0.39 is 10.1 Å². The second-order valence-electron chi connectivity index (χ2n) is 7.27. The molecule has 0 saturated carbocycles. The normalized spacial score (nSPS) is 12.3. The van der Waals surface area contributed by atoms with E-state index in [2.05, 4.69) is 0 Å². The fourth-order valence-electron chi connectivity index (χ4n) is 3.07. The van der Waals surface area contributed by atoms with Crippen LogP contribution < -0.4 is 8.92 Å². The third-order valence-corrected chi connectivity index (χ3v) is 7.90. The summed E-state index contributed by atoms with van der Waals surface area (Å²) in [5, 5.41) is 2.18. The van der Waals surface area contributed by atoms with Crippen molar-refractivity contribution in [1.29, 1.82) is 0 Å². The Morgan fingerprint density at radius 3 is 2.45 bits per heavy atom. The van der Waals surface area contributed by atoms with Crippen molar-refractivity contribution in [2.45, 2.75) is 37.8 Å². The van der Waals surface area contributed by atoms with Crippen molar-refractivity contribution in [2.75, 3.05) is 7.11 Å². The molecule has 2 aromatic carbocycles. The predicted molar refractivity (Wildman–Crippen MR) is 131 cm³/mol. The van der Waals surface area contributed by atoms with Gasteiger partial charge < -0.3 is 13.8 Å². The lowest BCUT2D eigenvalue weighted by Gasteiger charge is -2.28. The number of ether oxygens (including phenoxy) is 1. The summed E-state index contributed by atoms with van der Waals surface area (Å²) in [6.45, 7) is 4.26. The number of carbonyl (C=O) groups excluding carboxylic acids is 1. The molecule has 3 aromatic rings. The van der Waals surface area contributed by atoms with Gasteiger partial charge in [0, 0.05) is 12.6 Å². The van der Waals surface area contributed by atoms with Gasteiger partial charge >= 0.3 is 10.1 Å². The maximum Gasteiger partial charge on any atom is 0.339 e. The van der Waals surface area contributed by atoms with E-state index in [0.717, 1.165) is 6.42 Å². The summed E-state index contributed by atoms with van der Waals surface area (Å²) in [5.41, 5.74) is 0.695. The molecule has 0 aliphatic rings. The minimum absolute atomic E-state index is 0.00810. The number of halogens is 2. The van der Waals surface area contributed by atoms with Crippen LogP contribution >= 0.6 is 34.5 Å². The molecule has 3 rings (SSSR count). The van der Waals surface area contributed by atoms with Crippen LogP contribution in [0.2, 0.25) is 10.0 Å². The Hall–Kier alpha value is -2.26. The molecule has 0 unspecified atom stereocenters. The van der Waals surface area contributed by atoms with Gasteiger partial charge in [-0.05, 0) is 60.7 Å². The molecule has 0 saturated heterocycles. The summed E-state index contributed by atoms with van der Waals surface area (Å²) >= 11 is 13.2. The first kappa shape index (κ1) is 25.4. The molecule has 1 amide bonds. The number of hydrogen-bond donors (Lipinski definition) is 0. The number of carbonyl (C=O) groups is 1. The molecule has 1 heterocycles. The van der Waals surface area contributed by atoms with Crippen molar-refractivity contribution in [3.63, 3.8) is 0 Å². The molecule has 0 N–H and O–H groups in total. The average Bonchev–Trinajstić information content (AvgIpc) is 3.33. The van der Waals surface area contributed by atoms with E-state index in [1.54, 1.807) is 29.2 Å². The smallest absolute Gasteiger partial charge is 0.339 e. The van der Waals surface area contributed by atoms with E-state index in [1.165, 1.54) is 36.6 Å². The minimum atomic E-state index is -4.21. The van der Waals surface area contributed by atoms with Gasteiger partial charge in [0.15, 0.2) is 11.5 Å². The summed E-state index contributed by atoms with van der Waals surface area (Å²) < 4.78 is 36.4. The topological polar surface area (TPSA) is 72.9 Å². The molecule has 0 radical (unpaired) electrons. The molecular formula is C23H23Cl2NO5S2. The largest absolute Gasteiger partial charge is 0.493 e. The van der Waals surface area contributed by atoms with E-state index in [0.29, 0.717) is 10.4 Å². The van der Waals surface area contributed by atoms with Crippen molar-refractivity contribution >= 4 is 50.6 Å². The number of benzene rings is 2. The zero-order valence-corrected chi connectivity index (χ0v) is 21.4. The van der Waals surface area contributed by atoms with Gasteiger partial charge in [0.1, 0.15) is 4.90 Å². The molecule has 0 aliphatic heterocycles. The Bertz CT molecular complexity index is 1230. The number of amides is 1. The van der Waals surface area contributed by atoms with Gasteiger partial charge in [-0.15, -0.1) is 11.3 Å². The van der Waals surface area contributed by atoms with Crippen LogP contribution in [-0.2, 0) is 16.7 Å². The standard InChI is InChI=1S/C23H23Cl2NO5S2/c1-4-15(2)26(23(27)22-6-5-11-32-22)14-16-7-10-20(30-3)21(12-16)31-33(28,29)17-8-9-18(24)19(25)13-17/h5-13,15H,4,14H2,1-3H3/t15-/m1/s1. The van der Waals surface area contributed by atoms with Gasteiger partial charge in [-0.1, -0.05) is 42.3 Å². The first-order chi connectivity index (χ1) is 15.7. The highest BCUT2D eigenvalue weighted by Crippen LogP contribution is 2.33. The molecule has 1 atom stereocenters. The average molecular weight is 528 g/mol. The molecule has 0 fully saturated rings. The van der Waals surface area contributed by atoms with Gasteiger partial charge in [-0.3, -0.25) is 4.79 Å². The van der Waals surface area contributed by atoms with E-state index >= 15 is 0 Å². The lowest BCUT2D eigenvalue weighted by molar-refractivity contribution is 0.0676. The van der Waals surface area contributed by atoms with Crippen molar-refractivity contribution in [1.82, 2.24) is 4.90 Å². The predicted octanol–water partition coefficient (Wildman–Crippen LogP) is 6.27. The monoisotopic (exact) mass is 527 g/mol. The van der Waals surface area contributed by atoms with Gasteiger partial charge in [-0.25, -0.2) is 0 Å². The number of methoxy groups -OCH3 is 1. The van der Waals surface area contributed by atoms with Gasteiger partial charge in [0.05, 0.1) is 22.0 Å². The number of nitrogens with zero attached hydrogens (tertiary/aromatic N) is 1. The number of hydrogen-bond acceptors (Lipinski definition) is 6. The number of rotatable bonds is 9. The molecule has 0 bridgehead atoms. The van der Waals surface area contributed by atoms with Crippen LogP contribution in [0.3, 0.4) is 0 Å². The van der Waals surface area contributed by atoms with Crippen molar-refractivity contribution in [3.05, 3.63) is 74.4 Å². The quantitative estimate of drug-likeness (QED) is 0.306. The summed E-state index contributed by atoms with van der Waals surface area (Å²) in [4.78, 5) is 15.3. The SMILES string of the molecule is CC[C@@H](C)N(Cc1ccc(OC)c(OS(=O)(=O)c2ccc(Cl)c(Cl)c2)c1)C(=O)c1cccs1. The van der Waals surface area contributed by atoms with Crippen LogP contribution in [-0.4, -0.2) is 32.4 Å². The van der Waals surface area contributed by atoms with E-state index in [4.69, 9.17) is 32.1 Å². The molecule has 1 aromatic heterocycles. The highest BCUT2D eigenvalue weighted by atomic mass is 35.5. The van der Waals surface area contributed by atoms with Gasteiger partial charge in [0.25, 0.3) is 5.91 Å². The molecule has 0 spiro atoms. The second-order valence-corrected chi connectivity index (χ2v) is 10.6. The maximum atomic E-state index is 13.1. The maximum absolute atomic E-state index is 13.1. The fourth-order valence-corrected chi connectivity index (χ4v) is 5.07. The first-order valence-electron chi connectivity index (χ1n) is 10.1. The van der Waals surface area contributed by atoms with Gasteiger partial charge in [0.2, 0.25) is 0 Å². The van der Waals surface area contributed by atoms with E-state index in [-0.39, 0.29) is 44.9 Å². The Morgan fingerprint density at radius 1 is 1.09 bits per heavy atom. The molecule has 6 nitrogen and oxygen atoms in total. The fraction of sp³-hybridized carbons (Fsp3) is 0.261. The van der Waals surface area contributed by atoms with Crippen LogP contribution in [0.15, 0.2) is 58.8 Å². The third kappa shape index (κ3) is 6.00. The van der Waals surface area contributed by atoms with Crippen molar-refractivity contribution in [2.24, 2.45) is 0 Å². The second kappa shape index (κ2) is 10.8. The Labute approximate surface area is 207 Å². The lowest BCUT2D eigenvalue weighted by atomic mass is 10.1. The van der Waals surface area contributed by atoms with E-state index in [9.17, 15) is 13.2 Å². The van der Waals surface area contributed by atoms with Crippen LogP contribution in [0.5, 0.6) is 11.5 Å². The lowest BCUT2D eigenvalue weighted by Crippen LogP contribution is -2.37. The number of thiophene rings is 1. The van der Waals surface area contributed by atoms with E-state index in [1.807, 2.05) is 25.3 Å². The van der Waals surface area contributed by atoms with Crippen LogP contribution in [0, 0.1) is 0 Å². The van der Waals surface area contributed by atoms with Crippen molar-refractivity contribution in [3.8, 4) is 11.5 Å². The first-order valence-corrected chi connectivity index (χ1v) is 13.1. The Morgan fingerprint density at radius 2 is 1.85 bits per heavy atom. The molecular weight excluding hydrogens is 505 g/mol. The summed E-state index contributed by atoms with van der Waals surface area (Å²) in [6, 6.07) is 12.5. The Balaban J connectivity index is 1.92. The highest BCUT2D eigenvalue weighted by molar-refractivity contribution is 7.87. The summed E-state index contributed by atoms with van der Waals surface area (Å²) in [5.74, 6) is 0.164. The van der Waals surface area contributed by atoms with Crippen LogP contribution in [0.4, 0.5) is 0 Å². The summed E-state index contributed by atoms with van der Waals surface area (Å²) in [6.07, 6.45) is 0.766.